The summed E-state index contributed by atoms with van der Waals surface area (Å²) in [4.78, 5) is 12.5. The molecule has 1 aromatic carbocycles. The van der Waals surface area contributed by atoms with Crippen molar-refractivity contribution in [2.24, 2.45) is 0 Å². The van der Waals surface area contributed by atoms with Crippen molar-refractivity contribution in [1.29, 1.82) is 0 Å². The molecule has 0 aromatic heterocycles. The maximum Gasteiger partial charge on any atom is 0.251 e. The Balaban J connectivity index is 2.20. The molecule has 1 unspecified atom stereocenters. The van der Waals surface area contributed by atoms with Gasteiger partial charge in [-0.2, -0.15) is 0 Å². The van der Waals surface area contributed by atoms with E-state index in [4.69, 9.17) is 0 Å². The molecule has 0 aliphatic heterocycles. The molecule has 0 spiro atoms. The Hall–Kier alpha value is -1.40. The highest BCUT2D eigenvalue weighted by atomic mass is 32.2. The van der Waals surface area contributed by atoms with Crippen molar-refractivity contribution >= 4 is 15.9 Å². The van der Waals surface area contributed by atoms with Crippen LogP contribution in [-0.2, 0) is 10.0 Å². The van der Waals surface area contributed by atoms with E-state index in [0.29, 0.717) is 5.56 Å². The van der Waals surface area contributed by atoms with Gasteiger partial charge in [0, 0.05) is 17.6 Å². The first-order valence-electron chi connectivity index (χ1n) is 7.77. The zero-order valence-corrected chi connectivity index (χ0v) is 14.2. The molecule has 1 amide bonds. The van der Waals surface area contributed by atoms with Gasteiger partial charge in [-0.25, -0.2) is 13.1 Å². The van der Waals surface area contributed by atoms with Crippen molar-refractivity contribution in [2.75, 3.05) is 0 Å². The molecule has 2 N–H and O–H groups in total. The number of hydrogen-bond acceptors (Lipinski definition) is 3. The standard InChI is InChI=1S/C16H24N2O3S/c1-4-5-12(3)17-16(19)15-10-14(9-6-11(15)2)22(20,21)18-13-7-8-13/h6,9-10,12-13,18H,4-5,7-8H2,1-3H3,(H,17,19). The van der Waals surface area contributed by atoms with E-state index in [9.17, 15) is 13.2 Å². The average molecular weight is 324 g/mol. The van der Waals surface area contributed by atoms with Crippen molar-refractivity contribution in [1.82, 2.24) is 10.0 Å². The van der Waals surface area contributed by atoms with Crippen LogP contribution in [-0.4, -0.2) is 26.4 Å². The maximum atomic E-state index is 12.3. The number of carbonyl (C=O) groups excluding carboxylic acids is 1. The van der Waals surface area contributed by atoms with E-state index >= 15 is 0 Å². The van der Waals surface area contributed by atoms with Gasteiger partial charge in [-0.3, -0.25) is 4.79 Å². The SMILES string of the molecule is CCCC(C)NC(=O)c1cc(S(=O)(=O)NC2CC2)ccc1C. The lowest BCUT2D eigenvalue weighted by molar-refractivity contribution is 0.0937. The Morgan fingerprint density at radius 3 is 2.64 bits per heavy atom. The van der Waals surface area contributed by atoms with Crippen molar-refractivity contribution in [3.63, 3.8) is 0 Å². The van der Waals surface area contributed by atoms with Crippen molar-refractivity contribution in [3.05, 3.63) is 29.3 Å². The van der Waals surface area contributed by atoms with Crippen molar-refractivity contribution in [2.45, 2.75) is 63.4 Å². The number of hydrogen-bond donors (Lipinski definition) is 2. The van der Waals surface area contributed by atoms with E-state index in [2.05, 4.69) is 17.0 Å². The smallest absolute Gasteiger partial charge is 0.251 e. The molecule has 122 valence electrons. The highest BCUT2D eigenvalue weighted by Gasteiger charge is 2.28. The van der Waals surface area contributed by atoms with Gasteiger partial charge < -0.3 is 5.32 Å². The third kappa shape index (κ3) is 4.30. The molecule has 0 heterocycles. The number of benzene rings is 1. The summed E-state index contributed by atoms with van der Waals surface area (Å²) in [5, 5.41) is 2.92. The number of aryl methyl sites for hydroxylation is 1. The Labute approximate surface area is 132 Å². The Bertz CT molecular complexity index is 651. The van der Waals surface area contributed by atoms with Gasteiger partial charge in [-0.1, -0.05) is 19.4 Å². The maximum absolute atomic E-state index is 12.3. The van der Waals surface area contributed by atoms with Crippen LogP contribution in [0.15, 0.2) is 23.1 Å². The summed E-state index contributed by atoms with van der Waals surface area (Å²) >= 11 is 0. The van der Waals surface area contributed by atoms with E-state index in [1.165, 1.54) is 6.07 Å². The molecule has 0 bridgehead atoms. The van der Waals surface area contributed by atoms with Crippen LogP contribution in [0.5, 0.6) is 0 Å². The first-order chi connectivity index (χ1) is 10.3. The van der Waals surface area contributed by atoms with Crippen LogP contribution < -0.4 is 10.0 Å². The zero-order valence-electron chi connectivity index (χ0n) is 13.3. The van der Waals surface area contributed by atoms with E-state index in [1.54, 1.807) is 12.1 Å². The van der Waals surface area contributed by atoms with Crippen LogP contribution in [0, 0.1) is 6.92 Å². The average Bonchev–Trinajstić information content (AvgIpc) is 3.22. The lowest BCUT2D eigenvalue weighted by atomic mass is 10.1. The summed E-state index contributed by atoms with van der Waals surface area (Å²) < 4.78 is 27.1. The van der Waals surface area contributed by atoms with Crippen LogP contribution in [0.25, 0.3) is 0 Å². The summed E-state index contributed by atoms with van der Waals surface area (Å²) in [5.41, 5.74) is 1.19. The second-order valence-corrected chi connectivity index (χ2v) is 7.75. The van der Waals surface area contributed by atoms with Crippen LogP contribution in [0.2, 0.25) is 0 Å². The molecule has 22 heavy (non-hydrogen) atoms. The van der Waals surface area contributed by atoms with Crippen molar-refractivity contribution < 1.29 is 13.2 Å². The largest absolute Gasteiger partial charge is 0.350 e. The Morgan fingerprint density at radius 2 is 2.05 bits per heavy atom. The third-order valence-electron chi connectivity index (χ3n) is 3.76. The fraction of sp³-hybridized carbons (Fsp3) is 0.562. The van der Waals surface area contributed by atoms with Crippen LogP contribution in [0.1, 0.15) is 55.5 Å². The molecule has 1 aliphatic carbocycles. The summed E-state index contributed by atoms with van der Waals surface area (Å²) in [6.45, 7) is 5.82. The lowest BCUT2D eigenvalue weighted by Gasteiger charge is -2.15. The second-order valence-electron chi connectivity index (χ2n) is 6.04. The van der Waals surface area contributed by atoms with Crippen LogP contribution in [0.4, 0.5) is 0 Å². The van der Waals surface area contributed by atoms with E-state index < -0.39 is 10.0 Å². The van der Waals surface area contributed by atoms with Crippen LogP contribution in [0.3, 0.4) is 0 Å². The zero-order chi connectivity index (χ0) is 16.3. The van der Waals surface area contributed by atoms with Gasteiger partial charge in [0.15, 0.2) is 0 Å². The molecular weight excluding hydrogens is 300 g/mol. The molecule has 1 fully saturated rings. The van der Waals surface area contributed by atoms with Gasteiger partial charge in [0.1, 0.15) is 0 Å². The third-order valence-corrected chi connectivity index (χ3v) is 5.28. The Morgan fingerprint density at radius 1 is 1.36 bits per heavy atom. The van der Waals surface area contributed by atoms with E-state index in [-0.39, 0.29) is 22.9 Å². The van der Waals surface area contributed by atoms with Gasteiger partial charge >= 0.3 is 0 Å². The summed E-state index contributed by atoms with van der Waals surface area (Å²) in [7, 11) is -3.54. The molecule has 0 radical (unpaired) electrons. The minimum atomic E-state index is -3.54. The summed E-state index contributed by atoms with van der Waals surface area (Å²) in [5.74, 6) is -0.220. The first-order valence-corrected chi connectivity index (χ1v) is 9.25. The number of rotatable bonds is 7. The highest BCUT2D eigenvalue weighted by molar-refractivity contribution is 7.89. The molecule has 0 saturated heterocycles. The van der Waals surface area contributed by atoms with Gasteiger partial charge in [-0.05, 0) is 50.8 Å². The van der Waals surface area contributed by atoms with Crippen molar-refractivity contribution in [3.8, 4) is 0 Å². The quantitative estimate of drug-likeness (QED) is 0.808. The van der Waals surface area contributed by atoms with Gasteiger partial charge in [0.05, 0.1) is 4.90 Å². The first kappa shape index (κ1) is 17.0. The molecule has 1 aliphatic rings. The predicted molar refractivity (Wildman–Crippen MR) is 86.4 cm³/mol. The monoisotopic (exact) mass is 324 g/mol. The topological polar surface area (TPSA) is 75.3 Å². The number of amides is 1. The summed E-state index contributed by atoms with van der Waals surface area (Å²) in [6, 6.07) is 4.82. The normalized spacial score (nSPS) is 16.3. The molecular formula is C16H24N2O3S. The summed E-state index contributed by atoms with van der Waals surface area (Å²) in [6.07, 6.45) is 3.64. The van der Waals surface area contributed by atoms with Gasteiger partial charge in [0.25, 0.3) is 5.91 Å². The van der Waals surface area contributed by atoms with Crippen LogP contribution >= 0.6 is 0 Å². The van der Waals surface area contributed by atoms with E-state index in [0.717, 1.165) is 31.2 Å². The van der Waals surface area contributed by atoms with Gasteiger partial charge in [0.2, 0.25) is 10.0 Å². The lowest BCUT2D eigenvalue weighted by Crippen LogP contribution is -2.33. The fourth-order valence-electron chi connectivity index (χ4n) is 2.31. The molecule has 1 aromatic rings. The minimum absolute atomic E-state index is 0.0492. The molecule has 1 saturated carbocycles. The fourth-order valence-corrected chi connectivity index (χ4v) is 3.64. The van der Waals surface area contributed by atoms with E-state index in [1.807, 2.05) is 13.8 Å². The Kier molecular flexibility index (Phi) is 5.24. The predicted octanol–water partition coefficient (Wildman–Crippen LogP) is 2.35. The second kappa shape index (κ2) is 6.79. The molecule has 6 heteroatoms. The highest BCUT2D eigenvalue weighted by Crippen LogP contribution is 2.23. The molecule has 5 nitrogen and oxygen atoms in total. The molecule has 2 rings (SSSR count). The number of sulfonamides is 1. The minimum Gasteiger partial charge on any atom is -0.350 e. The number of nitrogens with one attached hydrogen (secondary N) is 2. The van der Waals surface area contributed by atoms with Gasteiger partial charge in [-0.15, -0.1) is 0 Å². The number of carbonyl (C=O) groups is 1. The molecule has 1 atom stereocenters.